The Morgan fingerprint density at radius 1 is 1.59 bits per heavy atom. The second kappa shape index (κ2) is 5.07. The van der Waals surface area contributed by atoms with Crippen molar-refractivity contribution in [1.82, 2.24) is 19.9 Å². The second-order valence-corrected chi connectivity index (χ2v) is 3.59. The number of nitrogens with one attached hydrogen (secondary N) is 2. The van der Waals surface area contributed by atoms with Gasteiger partial charge in [-0.1, -0.05) is 11.6 Å². The molecule has 2 aromatic rings. The molecule has 8 heteroatoms. The number of amides is 1. The summed E-state index contributed by atoms with van der Waals surface area (Å²) in [5.74, 6) is -0.103. The lowest BCUT2D eigenvalue weighted by Crippen LogP contribution is -2.15. The van der Waals surface area contributed by atoms with Gasteiger partial charge in [-0.15, -0.1) is 0 Å². The largest absolute Gasteiger partial charge is 0.384 e. The Morgan fingerprint density at radius 2 is 2.41 bits per heavy atom. The van der Waals surface area contributed by atoms with E-state index in [1.165, 1.54) is 13.4 Å². The van der Waals surface area contributed by atoms with Gasteiger partial charge in [0, 0.05) is 7.11 Å². The highest BCUT2D eigenvalue weighted by Gasteiger charge is 2.10. The molecule has 2 heterocycles. The van der Waals surface area contributed by atoms with Crippen LogP contribution in [-0.2, 0) is 9.53 Å². The lowest BCUT2D eigenvalue weighted by Gasteiger charge is -2.03. The van der Waals surface area contributed by atoms with Gasteiger partial charge >= 0.3 is 0 Å². The summed E-state index contributed by atoms with van der Waals surface area (Å²) in [4.78, 5) is 26.1. The van der Waals surface area contributed by atoms with Crippen LogP contribution in [0.5, 0.6) is 0 Å². The molecule has 0 aliphatic heterocycles. The van der Waals surface area contributed by atoms with Crippen molar-refractivity contribution >= 4 is 34.6 Å². The summed E-state index contributed by atoms with van der Waals surface area (Å²) in [6.07, 6.45) is 1.69. The highest BCUT2D eigenvalue weighted by Crippen LogP contribution is 2.18. The maximum Gasteiger partial charge on any atom is 0.233 e. The standard InChI is InChI=1S/C9H10ClN5O2/c1-17-3-2-5(16)13-9-14-7(10)6-8(15-9)12-4-11-6/h4H,2-3H2,1H3,(H2,11,12,13,14,15,16). The van der Waals surface area contributed by atoms with Gasteiger partial charge in [-0.3, -0.25) is 10.1 Å². The quantitative estimate of drug-likeness (QED) is 0.795. The maximum absolute atomic E-state index is 11.4. The van der Waals surface area contributed by atoms with Gasteiger partial charge in [0.2, 0.25) is 11.9 Å². The third-order valence-corrected chi connectivity index (χ3v) is 2.30. The highest BCUT2D eigenvalue weighted by molar-refractivity contribution is 6.33. The fourth-order valence-corrected chi connectivity index (χ4v) is 1.45. The van der Waals surface area contributed by atoms with E-state index in [2.05, 4.69) is 25.3 Å². The zero-order chi connectivity index (χ0) is 12.3. The number of methoxy groups -OCH3 is 1. The molecule has 0 unspecified atom stereocenters. The lowest BCUT2D eigenvalue weighted by molar-refractivity contribution is -0.117. The van der Waals surface area contributed by atoms with Gasteiger partial charge in [0.1, 0.15) is 5.52 Å². The fourth-order valence-electron chi connectivity index (χ4n) is 1.24. The lowest BCUT2D eigenvalue weighted by atomic mass is 10.4. The van der Waals surface area contributed by atoms with Crippen LogP contribution in [-0.4, -0.2) is 39.6 Å². The zero-order valence-electron chi connectivity index (χ0n) is 9.03. The first-order valence-corrected chi connectivity index (χ1v) is 5.24. The Morgan fingerprint density at radius 3 is 3.18 bits per heavy atom. The smallest absolute Gasteiger partial charge is 0.233 e. The van der Waals surface area contributed by atoms with E-state index in [1.54, 1.807) is 0 Å². The number of carbonyl (C=O) groups excluding carboxylic acids is 1. The Hall–Kier alpha value is -1.73. The summed E-state index contributed by atoms with van der Waals surface area (Å²) >= 11 is 5.89. The number of halogens is 1. The molecule has 1 amide bonds. The van der Waals surface area contributed by atoms with E-state index in [0.717, 1.165) is 0 Å². The number of ether oxygens (including phenoxy) is 1. The molecule has 90 valence electrons. The van der Waals surface area contributed by atoms with Gasteiger partial charge < -0.3 is 9.72 Å². The number of fused-ring (bicyclic) bond motifs is 1. The zero-order valence-corrected chi connectivity index (χ0v) is 9.78. The molecule has 0 spiro atoms. The van der Waals surface area contributed by atoms with Crippen LogP contribution in [0.4, 0.5) is 5.95 Å². The summed E-state index contributed by atoms with van der Waals surface area (Å²) < 4.78 is 4.79. The number of imidazole rings is 1. The van der Waals surface area contributed by atoms with Gasteiger partial charge in [-0.05, 0) is 0 Å². The van der Waals surface area contributed by atoms with Crippen molar-refractivity contribution in [2.75, 3.05) is 19.0 Å². The summed E-state index contributed by atoms with van der Waals surface area (Å²) in [7, 11) is 1.52. The van der Waals surface area contributed by atoms with E-state index in [4.69, 9.17) is 16.3 Å². The summed E-state index contributed by atoms with van der Waals surface area (Å²) in [6.45, 7) is 0.338. The van der Waals surface area contributed by atoms with Crippen LogP contribution >= 0.6 is 11.6 Å². The van der Waals surface area contributed by atoms with Crippen molar-refractivity contribution in [1.29, 1.82) is 0 Å². The molecule has 0 aromatic carbocycles. The predicted octanol–water partition coefficient (Wildman–Crippen LogP) is 0.981. The number of hydrogen-bond acceptors (Lipinski definition) is 5. The van der Waals surface area contributed by atoms with E-state index in [9.17, 15) is 4.79 Å². The highest BCUT2D eigenvalue weighted by atomic mass is 35.5. The van der Waals surface area contributed by atoms with E-state index < -0.39 is 0 Å². The van der Waals surface area contributed by atoms with Gasteiger partial charge in [0.25, 0.3) is 0 Å². The fraction of sp³-hybridized carbons (Fsp3) is 0.333. The van der Waals surface area contributed by atoms with Crippen LogP contribution in [0, 0.1) is 0 Å². The number of rotatable bonds is 4. The van der Waals surface area contributed by atoms with Gasteiger partial charge in [0.05, 0.1) is 19.4 Å². The van der Waals surface area contributed by atoms with Crippen molar-refractivity contribution in [3.05, 3.63) is 11.5 Å². The number of nitrogens with zero attached hydrogens (tertiary/aromatic N) is 3. The topological polar surface area (TPSA) is 92.8 Å². The predicted molar refractivity (Wildman–Crippen MR) is 61.8 cm³/mol. The number of hydrogen-bond donors (Lipinski definition) is 2. The van der Waals surface area contributed by atoms with Crippen molar-refractivity contribution in [3.8, 4) is 0 Å². The van der Waals surface area contributed by atoms with Crippen LogP contribution in [0.2, 0.25) is 5.15 Å². The van der Waals surface area contributed by atoms with Gasteiger partial charge in [-0.25, -0.2) is 4.98 Å². The van der Waals surface area contributed by atoms with E-state index >= 15 is 0 Å². The third kappa shape index (κ3) is 2.69. The first kappa shape index (κ1) is 11.7. The average molecular weight is 256 g/mol. The SMILES string of the molecule is COCCC(=O)Nc1nc(Cl)c2[nH]cnc2n1. The Balaban J connectivity index is 2.16. The molecule has 2 N–H and O–H groups in total. The minimum Gasteiger partial charge on any atom is -0.384 e. The molecule has 0 bridgehead atoms. The first-order chi connectivity index (χ1) is 8.20. The molecule has 0 saturated heterocycles. The van der Waals surface area contributed by atoms with Crippen molar-refractivity contribution in [2.24, 2.45) is 0 Å². The average Bonchev–Trinajstić information content (AvgIpc) is 2.75. The monoisotopic (exact) mass is 255 g/mol. The van der Waals surface area contributed by atoms with Gasteiger partial charge in [-0.2, -0.15) is 9.97 Å². The molecular formula is C9H10ClN5O2. The van der Waals surface area contributed by atoms with Crippen molar-refractivity contribution < 1.29 is 9.53 Å². The van der Waals surface area contributed by atoms with Crippen LogP contribution in [0.3, 0.4) is 0 Å². The van der Waals surface area contributed by atoms with Crippen LogP contribution in [0.1, 0.15) is 6.42 Å². The van der Waals surface area contributed by atoms with E-state index in [-0.39, 0.29) is 23.4 Å². The number of carbonyl (C=O) groups is 1. The molecule has 0 aliphatic rings. The van der Waals surface area contributed by atoms with Crippen molar-refractivity contribution in [2.45, 2.75) is 6.42 Å². The number of aromatic nitrogens is 4. The van der Waals surface area contributed by atoms with E-state index in [1.807, 2.05) is 0 Å². The third-order valence-electron chi connectivity index (χ3n) is 2.03. The van der Waals surface area contributed by atoms with Gasteiger partial charge in [0.15, 0.2) is 10.8 Å². The number of anilines is 1. The molecule has 2 aromatic heterocycles. The maximum atomic E-state index is 11.4. The van der Waals surface area contributed by atoms with Crippen LogP contribution < -0.4 is 5.32 Å². The normalized spacial score (nSPS) is 10.7. The summed E-state index contributed by atoms with van der Waals surface area (Å²) in [5, 5.41) is 2.74. The molecule has 0 atom stereocenters. The number of aromatic amines is 1. The van der Waals surface area contributed by atoms with Crippen molar-refractivity contribution in [3.63, 3.8) is 0 Å². The molecule has 0 fully saturated rings. The molecule has 0 radical (unpaired) electrons. The molecule has 2 rings (SSSR count). The number of H-pyrrole nitrogens is 1. The van der Waals surface area contributed by atoms with E-state index in [0.29, 0.717) is 17.8 Å². The second-order valence-electron chi connectivity index (χ2n) is 3.23. The summed E-state index contributed by atoms with van der Waals surface area (Å²) in [5.41, 5.74) is 0.952. The minimum atomic E-state index is -0.238. The molecule has 17 heavy (non-hydrogen) atoms. The molecule has 0 aliphatic carbocycles. The van der Waals surface area contributed by atoms with Crippen LogP contribution in [0.25, 0.3) is 11.2 Å². The Kier molecular flexibility index (Phi) is 3.50. The van der Waals surface area contributed by atoms with Crippen LogP contribution in [0.15, 0.2) is 6.33 Å². The molecular weight excluding hydrogens is 246 g/mol. The summed E-state index contributed by atoms with van der Waals surface area (Å²) in [6, 6.07) is 0. The molecule has 0 saturated carbocycles. The minimum absolute atomic E-state index is 0.135. The molecule has 7 nitrogen and oxygen atoms in total. The first-order valence-electron chi connectivity index (χ1n) is 4.86. The Bertz CT molecular complexity index is 541. The Labute approximate surface area is 102 Å².